The second-order valence-electron chi connectivity index (χ2n) is 6.21. The highest BCUT2D eigenvalue weighted by Gasteiger charge is 2.40. The Hall–Kier alpha value is -1.76. The monoisotopic (exact) mass is 419 g/mol. The van der Waals surface area contributed by atoms with Crippen molar-refractivity contribution in [2.75, 3.05) is 23.3 Å². The number of piperidine rings is 1. The van der Waals surface area contributed by atoms with Crippen LogP contribution >= 0.6 is 22.6 Å². The molecule has 4 nitrogen and oxygen atoms in total. The fraction of sp³-hybridized carbons (Fsp3) is 0.278. The van der Waals surface area contributed by atoms with Crippen LogP contribution in [0.2, 0.25) is 0 Å². The van der Waals surface area contributed by atoms with Crippen molar-refractivity contribution >= 4 is 39.9 Å². The van der Waals surface area contributed by atoms with E-state index in [-0.39, 0.29) is 11.6 Å². The van der Waals surface area contributed by atoms with E-state index in [0.29, 0.717) is 0 Å². The first kappa shape index (κ1) is 14.8. The molecule has 2 heterocycles. The third kappa shape index (κ3) is 2.78. The van der Waals surface area contributed by atoms with E-state index in [0.717, 1.165) is 37.2 Å². The van der Waals surface area contributed by atoms with Crippen LogP contribution in [0.1, 0.15) is 23.2 Å². The molecule has 23 heavy (non-hydrogen) atoms. The molecule has 2 aromatic carbocycles. The maximum absolute atomic E-state index is 12.5. The number of benzene rings is 2. The summed E-state index contributed by atoms with van der Waals surface area (Å²) in [5, 5.41) is 6.78. The van der Waals surface area contributed by atoms with Crippen molar-refractivity contribution in [3.05, 3.63) is 57.7 Å². The molecule has 0 aliphatic carbocycles. The summed E-state index contributed by atoms with van der Waals surface area (Å²) in [4.78, 5) is 14.8. The van der Waals surface area contributed by atoms with Gasteiger partial charge in [0.05, 0.1) is 12.1 Å². The van der Waals surface area contributed by atoms with Gasteiger partial charge in [0.25, 0.3) is 5.91 Å². The van der Waals surface area contributed by atoms with Gasteiger partial charge in [0.2, 0.25) is 0 Å². The molecule has 0 saturated carbocycles. The van der Waals surface area contributed by atoms with E-state index >= 15 is 0 Å². The quantitative estimate of drug-likeness (QED) is 0.697. The number of nitrogens with zero attached hydrogens (tertiary/aromatic N) is 1. The lowest BCUT2D eigenvalue weighted by atomic mass is 9.93. The van der Waals surface area contributed by atoms with Gasteiger partial charge in [-0.05, 0) is 71.8 Å². The van der Waals surface area contributed by atoms with Gasteiger partial charge in [-0.2, -0.15) is 0 Å². The number of fused-ring (bicyclic) bond motifs is 1. The molecule has 0 radical (unpaired) electrons. The van der Waals surface area contributed by atoms with Crippen LogP contribution in [0.25, 0.3) is 0 Å². The molecule has 0 aromatic heterocycles. The Morgan fingerprint density at radius 1 is 1.04 bits per heavy atom. The van der Waals surface area contributed by atoms with Gasteiger partial charge >= 0.3 is 0 Å². The summed E-state index contributed by atoms with van der Waals surface area (Å²) in [7, 11) is 0. The molecule has 1 fully saturated rings. The number of halogens is 1. The molecule has 1 saturated heterocycles. The van der Waals surface area contributed by atoms with Crippen LogP contribution in [0, 0.1) is 3.57 Å². The van der Waals surface area contributed by atoms with E-state index < -0.39 is 0 Å². The molecule has 5 heteroatoms. The third-order valence-corrected chi connectivity index (χ3v) is 5.30. The minimum absolute atomic E-state index is 0.0174. The molecule has 2 aromatic rings. The minimum atomic E-state index is -0.382. The number of hydrogen-bond acceptors (Lipinski definition) is 3. The van der Waals surface area contributed by atoms with Gasteiger partial charge in [0.1, 0.15) is 5.66 Å². The Bertz CT molecular complexity index is 746. The summed E-state index contributed by atoms with van der Waals surface area (Å²) in [5.41, 5.74) is 2.48. The number of amides is 1. The smallest absolute Gasteiger partial charge is 0.255 e. The zero-order valence-electron chi connectivity index (χ0n) is 12.7. The normalized spacial score (nSPS) is 23.2. The average Bonchev–Trinajstić information content (AvgIpc) is 2.55. The van der Waals surface area contributed by atoms with Crippen LogP contribution in [0.4, 0.5) is 11.4 Å². The van der Waals surface area contributed by atoms with E-state index in [9.17, 15) is 4.79 Å². The van der Waals surface area contributed by atoms with Gasteiger partial charge in [0, 0.05) is 21.5 Å². The number of hydrogen-bond donors (Lipinski definition) is 2. The molecule has 1 atom stereocenters. The van der Waals surface area contributed by atoms with Crippen molar-refractivity contribution in [2.24, 2.45) is 0 Å². The van der Waals surface area contributed by atoms with E-state index in [2.05, 4.69) is 62.4 Å². The highest BCUT2D eigenvalue weighted by molar-refractivity contribution is 14.1. The highest BCUT2D eigenvalue weighted by atomic mass is 127. The highest BCUT2D eigenvalue weighted by Crippen LogP contribution is 2.32. The van der Waals surface area contributed by atoms with Crippen molar-refractivity contribution in [3.63, 3.8) is 0 Å². The van der Waals surface area contributed by atoms with Crippen molar-refractivity contribution in [3.8, 4) is 0 Å². The first-order chi connectivity index (χ1) is 11.2. The standard InChI is InChI=1S/C18H18IN3O/c19-13-6-8-14(9-7-13)22-11-3-10-18(12-22)20-16-5-2-1-4-15(16)17(23)21-18/h1-2,4-9,20H,3,10-12H2,(H,21,23). The van der Waals surface area contributed by atoms with Crippen molar-refractivity contribution in [1.29, 1.82) is 0 Å². The van der Waals surface area contributed by atoms with Gasteiger partial charge in [-0.25, -0.2) is 0 Å². The number of anilines is 2. The zero-order chi connectivity index (χ0) is 15.9. The van der Waals surface area contributed by atoms with Gasteiger partial charge in [-0.3, -0.25) is 4.79 Å². The summed E-state index contributed by atoms with van der Waals surface area (Å²) < 4.78 is 1.23. The molecule has 4 rings (SSSR count). The minimum Gasteiger partial charge on any atom is -0.367 e. The number of carbonyl (C=O) groups is 1. The maximum atomic E-state index is 12.5. The zero-order valence-corrected chi connectivity index (χ0v) is 14.8. The fourth-order valence-electron chi connectivity index (χ4n) is 3.50. The molecule has 118 valence electrons. The van der Waals surface area contributed by atoms with Crippen molar-refractivity contribution in [2.45, 2.75) is 18.5 Å². The van der Waals surface area contributed by atoms with E-state index in [4.69, 9.17) is 0 Å². The number of para-hydroxylation sites is 1. The van der Waals surface area contributed by atoms with Gasteiger partial charge in [-0.15, -0.1) is 0 Å². The molecule has 1 spiro atoms. The van der Waals surface area contributed by atoms with Crippen LogP contribution < -0.4 is 15.5 Å². The summed E-state index contributed by atoms with van der Waals surface area (Å²) in [6, 6.07) is 16.3. The van der Waals surface area contributed by atoms with Crippen molar-refractivity contribution < 1.29 is 4.79 Å². The van der Waals surface area contributed by atoms with Crippen LogP contribution in [0.5, 0.6) is 0 Å². The van der Waals surface area contributed by atoms with Crippen LogP contribution in [0.15, 0.2) is 48.5 Å². The number of rotatable bonds is 1. The lowest BCUT2D eigenvalue weighted by Crippen LogP contribution is -2.65. The largest absolute Gasteiger partial charge is 0.367 e. The van der Waals surface area contributed by atoms with Gasteiger partial charge < -0.3 is 15.5 Å². The predicted molar refractivity (Wildman–Crippen MR) is 101 cm³/mol. The first-order valence-corrected chi connectivity index (χ1v) is 8.93. The maximum Gasteiger partial charge on any atom is 0.255 e. The Labute approximate surface area is 149 Å². The SMILES string of the molecule is O=C1NC2(CCCN(c3ccc(I)cc3)C2)Nc2ccccc21. The van der Waals surface area contributed by atoms with Crippen LogP contribution in [0.3, 0.4) is 0 Å². The predicted octanol–water partition coefficient (Wildman–Crippen LogP) is 3.44. The second kappa shape index (κ2) is 5.70. The number of nitrogens with one attached hydrogen (secondary N) is 2. The summed E-state index contributed by atoms with van der Waals surface area (Å²) in [6.07, 6.45) is 1.98. The van der Waals surface area contributed by atoms with Gasteiger partial charge in [-0.1, -0.05) is 12.1 Å². The molecule has 2 N–H and O–H groups in total. The first-order valence-electron chi connectivity index (χ1n) is 7.85. The van der Waals surface area contributed by atoms with Crippen LogP contribution in [-0.4, -0.2) is 24.7 Å². The Balaban J connectivity index is 1.62. The molecular formula is C18H18IN3O. The Morgan fingerprint density at radius 3 is 2.65 bits per heavy atom. The van der Waals surface area contributed by atoms with E-state index in [1.165, 1.54) is 9.26 Å². The van der Waals surface area contributed by atoms with Crippen LogP contribution in [-0.2, 0) is 0 Å². The van der Waals surface area contributed by atoms with Crippen molar-refractivity contribution in [1.82, 2.24) is 5.32 Å². The topological polar surface area (TPSA) is 44.4 Å². The summed E-state index contributed by atoms with van der Waals surface area (Å²) in [5.74, 6) is 0.0174. The van der Waals surface area contributed by atoms with E-state index in [1.54, 1.807) is 0 Å². The molecule has 1 unspecified atom stereocenters. The lowest BCUT2D eigenvalue weighted by molar-refractivity contribution is 0.0891. The molecular weight excluding hydrogens is 401 g/mol. The lowest BCUT2D eigenvalue weighted by Gasteiger charge is -2.47. The molecule has 0 bridgehead atoms. The average molecular weight is 419 g/mol. The summed E-state index contributed by atoms with van der Waals surface area (Å²) in [6.45, 7) is 1.79. The molecule has 2 aliphatic heterocycles. The Kier molecular flexibility index (Phi) is 3.67. The molecule has 1 amide bonds. The fourth-order valence-corrected chi connectivity index (χ4v) is 3.86. The Morgan fingerprint density at radius 2 is 1.83 bits per heavy atom. The van der Waals surface area contributed by atoms with Gasteiger partial charge in [0.15, 0.2) is 0 Å². The second-order valence-corrected chi connectivity index (χ2v) is 7.45. The molecule has 2 aliphatic rings. The van der Waals surface area contributed by atoms with E-state index in [1.807, 2.05) is 24.3 Å². The number of carbonyl (C=O) groups excluding carboxylic acids is 1. The third-order valence-electron chi connectivity index (χ3n) is 4.58. The summed E-state index contributed by atoms with van der Waals surface area (Å²) >= 11 is 2.32.